The van der Waals surface area contributed by atoms with Crippen molar-refractivity contribution in [2.45, 2.75) is 39.8 Å². The number of nitrogens with zero attached hydrogens (tertiary/aromatic N) is 1. The fourth-order valence-corrected chi connectivity index (χ4v) is 4.16. The molecule has 0 spiro atoms. The van der Waals surface area contributed by atoms with Crippen LogP contribution in [0.2, 0.25) is 0 Å². The minimum Gasteiger partial charge on any atom is -0.327 e. The number of aryl methyl sites for hydroxylation is 3. The number of carbonyl (C=O) groups excluding carboxylic acids is 2. The Morgan fingerprint density at radius 3 is 2.27 bits per heavy atom. The van der Waals surface area contributed by atoms with Gasteiger partial charge in [0.15, 0.2) is 0 Å². The van der Waals surface area contributed by atoms with Gasteiger partial charge in [0, 0.05) is 17.8 Å². The van der Waals surface area contributed by atoms with Gasteiger partial charge >= 0.3 is 0 Å². The molecule has 4 nitrogen and oxygen atoms in total. The van der Waals surface area contributed by atoms with Gasteiger partial charge in [-0.05, 0) is 61.2 Å². The lowest BCUT2D eigenvalue weighted by Gasteiger charge is -2.28. The second-order valence-corrected chi connectivity index (χ2v) is 8.15. The molecule has 1 aliphatic rings. The summed E-state index contributed by atoms with van der Waals surface area (Å²) in [6.45, 7) is 6.57. The zero-order valence-electron chi connectivity index (χ0n) is 17.6. The van der Waals surface area contributed by atoms with Crippen molar-refractivity contribution in [1.29, 1.82) is 0 Å². The molecule has 1 N–H and O–H groups in total. The molecule has 1 atom stereocenters. The van der Waals surface area contributed by atoms with Crippen LogP contribution < -0.4 is 5.32 Å². The van der Waals surface area contributed by atoms with Crippen LogP contribution in [0.5, 0.6) is 0 Å². The van der Waals surface area contributed by atoms with Crippen LogP contribution in [-0.4, -0.2) is 16.7 Å². The number of benzene rings is 3. The first-order valence-electron chi connectivity index (χ1n) is 10.2. The number of hydrogen-bond donors (Lipinski definition) is 1. The first-order chi connectivity index (χ1) is 14.4. The summed E-state index contributed by atoms with van der Waals surface area (Å²) in [7, 11) is 0. The van der Waals surface area contributed by atoms with Crippen molar-refractivity contribution >= 4 is 17.5 Å². The zero-order chi connectivity index (χ0) is 21.3. The van der Waals surface area contributed by atoms with Gasteiger partial charge < -0.3 is 10.2 Å². The molecule has 1 aliphatic heterocycles. The number of anilines is 1. The first kappa shape index (κ1) is 19.9. The zero-order valence-corrected chi connectivity index (χ0v) is 17.6. The second kappa shape index (κ2) is 8.15. The summed E-state index contributed by atoms with van der Waals surface area (Å²) < 4.78 is 0. The summed E-state index contributed by atoms with van der Waals surface area (Å²) in [6, 6.07) is 21.4. The maximum atomic E-state index is 13.1. The van der Waals surface area contributed by atoms with Crippen LogP contribution in [0, 0.1) is 20.8 Å². The molecule has 4 heteroatoms. The molecule has 0 unspecified atom stereocenters. The molecule has 152 valence electrons. The van der Waals surface area contributed by atoms with Crippen molar-refractivity contribution in [3.63, 3.8) is 0 Å². The molecule has 1 heterocycles. The van der Waals surface area contributed by atoms with Gasteiger partial charge in [-0.1, -0.05) is 54.1 Å². The van der Waals surface area contributed by atoms with E-state index in [1.165, 1.54) is 0 Å². The summed E-state index contributed by atoms with van der Waals surface area (Å²) in [5.74, 6) is -0.121. The summed E-state index contributed by atoms with van der Waals surface area (Å²) in [5, 5.41) is 3.02. The fourth-order valence-electron chi connectivity index (χ4n) is 4.16. The van der Waals surface area contributed by atoms with Crippen molar-refractivity contribution in [2.24, 2.45) is 0 Å². The van der Waals surface area contributed by atoms with E-state index in [0.29, 0.717) is 6.54 Å². The van der Waals surface area contributed by atoms with Crippen molar-refractivity contribution in [3.05, 3.63) is 100 Å². The lowest BCUT2D eigenvalue weighted by Crippen LogP contribution is -2.32. The molecule has 0 aromatic heterocycles. The molecule has 0 bridgehead atoms. The van der Waals surface area contributed by atoms with E-state index in [9.17, 15) is 9.59 Å². The quantitative estimate of drug-likeness (QED) is 0.631. The minimum atomic E-state index is -0.323. The number of amides is 2. The fraction of sp³-hybridized carbons (Fsp3) is 0.231. The van der Waals surface area contributed by atoms with Crippen molar-refractivity contribution in [2.75, 3.05) is 5.32 Å². The van der Waals surface area contributed by atoms with Crippen LogP contribution in [0.3, 0.4) is 0 Å². The van der Waals surface area contributed by atoms with Crippen LogP contribution in [-0.2, 0) is 11.3 Å². The van der Waals surface area contributed by atoms with Crippen molar-refractivity contribution in [3.8, 4) is 0 Å². The smallest absolute Gasteiger partial charge is 0.255 e. The SMILES string of the molecule is Cc1ccc([C@@H](CC(=O)Nc2cc(C)cc(C)c2)N2Cc3ccccc3C2=O)cc1. The van der Waals surface area contributed by atoms with Gasteiger partial charge in [0.2, 0.25) is 5.91 Å². The topological polar surface area (TPSA) is 49.4 Å². The van der Waals surface area contributed by atoms with Crippen molar-refractivity contribution in [1.82, 2.24) is 4.90 Å². The van der Waals surface area contributed by atoms with Crippen LogP contribution in [0.1, 0.15) is 50.6 Å². The minimum absolute atomic E-state index is 0.0182. The molecule has 4 rings (SSSR count). The third kappa shape index (κ3) is 4.13. The molecule has 30 heavy (non-hydrogen) atoms. The molecule has 0 saturated heterocycles. The Labute approximate surface area is 177 Å². The highest BCUT2D eigenvalue weighted by molar-refractivity contribution is 5.99. The monoisotopic (exact) mass is 398 g/mol. The molecule has 3 aromatic carbocycles. The Morgan fingerprint density at radius 2 is 1.60 bits per heavy atom. The van der Waals surface area contributed by atoms with Crippen LogP contribution in [0.25, 0.3) is 0 Å². The normalized spacial score (nSPS) is 13.8. The van der Waals surface area contributed by atoms with Gasteiger partial charge in [-0.25, -0.2) is 0 Å². The highest BCUT2D eigenvalue weighted by Crippen LogP contribution is 2.34. The predicted molar refractivity (Wildman–Crippen MR) is 119 cm³/mol. The van der Waals surface area contributed by atoms with Crippen LogP contribution in [0.4, 0.5) is 5.69 Å². The van der Waals surface area contributed by atoms with Gasteiger partial charge in [-0.2, -0.15) is 0 Å². The van der Waals surface area contributed by atoms with E-state index in [0.717, 1.165) is 39.1 Å². The third-order valence-electron chi connectivity index (χ3n) is 5.57. The Kier molecular flexibility index (Phi) is 5.40. The first-order valence-corrected chi connectivity index (χ1v) is 10.2. The summed E-state index contributed by atoms with van der Waals surface area (Å²) in [6.07, 6.45) is 0.204. The molecule has 0 radical (unpaired) electrons. The lowest BCUT2D eigenvalue weighted by molar-refractivity contribution is -0.117. The highest BCUT2D eigenvalue weighted by Gasteiger charge is 2.34. The summed E-state index contributed by atoms with van der Waals surface area (Å²) >= 11 is 0. The Balaban J connectivity index is 1.60. The molecular formula is C26H26N2O2. The summed E-state index contributed by atoms with van der Waals surface area (Å²) in [5.41, 5.74) is 6.84. The average molecular weight is 399 g/mol. The molecule has 0 fully saturated rings. The van der Waals surface area contributed by atoms with E-state index < -0.39 is 0 Å². The van der Waals surface area contributed by atoms with Crippen molar-refractivity contribution < 1.29 is 9.59 Å². The highest BCUT2D eigenvalue weighted by atomic mass is 16.2. The van der Waals surface area contributed by atoms with Gasteiger partial charge in [0.25, 0.3) is 5.91 Å². The lowest BCUT2D eigenvalue weighted by atomic mass is 10.00. The molecule has 2 amide bonds. The standard InChI is InChI=1S/C26H26N2O2/c1-17-8-10-20(11-9-17)24(28-16-21-6-4-5-7-23(21)26(28)30)15-25(29)27-22-13-18(2)12-19(3)14-22/h4-14,24H,15-16H2,1-3H3,(H,27,29)/t24-/m1/s1. The Bertz CT molecular complexity index is 1080. The number of carbonyl (C=O) groups is 2. The van der Waals surface area contributed by atoms with E-state index in [1.807, 2.05) is 86.3 Å². The molecule has 0 aliphatic carbocycles. The molecule has 3 aromatic rings. The van der Waals surface area contributed by atoms with E-state index in [-0.39, 0.29) is 24.3 Å². The number of rotatable bonds is 5. The second-order valence-electron chi connectivity index (χ2n) is 8.15. The maximum Gasteiger partial charge on any atom is 0.255 e. The van der Waals surface area contributed by atoms with Gasteiger partial charge in [0.05, 0.1) is 12.5 Å². The van der Waals surface area contributed by atoms with Crippen LogP contribution >= 0.6 is 0 Å². The van der Waals surface area contributed by atoms with E-state index in [2.05, 4.69) is 11.4 Å². The third-order valence-corrected chi connectivity index (χ3v) is 5.57. The van der Waals surface area contributed by atoms with E-state index >= 15 is 0 Å². The predicted octanol–water partition coefficient (Wildman–Crippen LogP) is 5.34. The van der Waals surface area contributed by atoms with Gasteiger partial charge in [-0.3, -0.25) is 9.59 Å². The molecule has 0 saturated carbocycles. The Morgan fingerprint density at radius 1 is 0.933 bits per heavy atom. The Hall–Kier alpha value is -3.40. The van der Waals surface area contributed by atoms with Crippen LogP contribution in [0.15, 0.2) is 66.7 Å². The maximum absolute atomic E-state index is 13.1. The van der Waals surface area contributed by atoms with E-state index in [4.69, 9.17) is 0 Å². The number of fused-ring (bicyclic) bond motifs is 1. The number of nitrogens with one attached hydrogen (secondary N) is 1. The largest absolute Gasteiger partial charge is 0.327 e. The number of hydrogen-bond acceptors (Lipinski definition) is 2. The van der Waals surface area contributed by atoms with Gasteiger partial charge in [-0.15, -0.1) is 0 Å². The molecular weight excluding hydrogens is 372 g/mol. The summed E-state index contributed by atoms with van der Waals surface area (Å²) in [4.78, 5) is 27.9. The average Bonchev–Trinajstić information content (AvgIpc) is 3.03. The van der Waals surface area contributed by atoms with E-state index in [1.54, 1.807) is 0 Å². The van der Waals surface area contributed by atoms with Gasteiger partial charge in [0.1, 0.15) is 0 Å².